The number of hydrogen-bond donors (Lipinski definition) is 2. The van der Waals surface area contributed by atoms with Crippen LogP contribution in [0.15, 0.2) is 65.1 Å². The molecule has 0 fully saturated rings. The fraction of sp³-hybridized carbons (Fsp3) is 0.214. The van der Waals surface area contributed by atoms with Crippen molar-refractivity contribution in [1.82, 2.24) is 4.31 Å². The Labute approximate surface area is 230 Å². The summed E-state index contributed by atoms with van der Waals surface area (Å²) >= 11 is 13.5. The maximum atomic E-state index is 13.1. The monoisotopic (exact) mass is 555 g/mol. The van der Waals surface area contributed by atoms with Crippen molar-refractivity contribution < 1.29 is 14.0 Å². The Bertz CT molecular complexity index is 1490. The number of benzene rings is 3. The number of fused-ring (bicyclic) bond motifs is 1. The molecular weight excluding hydrogens is 529 g/mol. The quantitative estimate of drug-likeness (QED) is 0.183. The average Bonchev–Trinajstić information content (AvgIpc) is 3.21. The fourth-order valence-corrected chi connectivity index (χ4v) is 5.03. The minimum atomic E-state index is -0.554. The molecule has 9 heteroatoms. The van der Waals surface area contributed by atoms with Crippen molar-refractivity contribution in [2.75, 3.05) is 12.0 Å². The number of halogens is 2. The number of furan rings is 1. The number of rotatable bonds is 8. The molecule has 1 atom stereocenters. The zero-order chi connectivity index (χ0) is 26.9. The molecule has 0 aliphatic carbocycles. The molecule has 1 heterocycles. The van der Waals surface area contributed by atoms with Gasteiger partial charge in [0.1, 0.15) is 5.58 Å². The Kier molecular flexibility index (Phi) is 8.19. The highest BCUT2D eigenvalue weighted by Crippen LogP contribution is 2.35. The lowest BCUT2D eigenvalue weighted by atomic mass is 10.0. The van der Waals surface area contributed by atoms with E-state index in [1.165, 1.54) is 18.0 Å². The summed E-state index contributed by atoms with van der Waals surface area (Å²) in [7, 11) is 0. The molecule has 1 aromatic heterocycles. The number of carbonyl (C=O) groups is 2. The van der Waals surface area contributed by atoms with E-state index >= 15 is 0 Å². The van der Waals surface area contributed by atoms with Crippen LogP contribution in [0.25, 0.3) is 22.1 Å². The third-order valence-electron chi connectivity index (χ3n) is 6.17. The van der Waals surface area contributed by atoms with E-state index in [0.29, 0.717) is 22.5 Å². The minimum Gasteiger partial charge on any atom is -0.450 e. The van der Waals surface area contributed by atoms with Crippen LogP contribution in [-0.4, -0.2) is 28.3 Å². The molecule has 0 saturated carbocycles. The van der Waals surface area contributed by atoms with Gasteiger partial charge >= 0.3 is 0 Å². The molecule has 1 unspecified atom stereocenters. The molecule has 6 nitrogen and oxygen atoms in total. The SMILES string of the molecule is CSN(Cc1cccc(-c2ccc3c(N)c(C(=O)c4ccc(Cl)cc4Cl)oc3c2)c1)C(=O)C(N)C(C)C. The molecule has 0 bridgehead atoms. The number of nitrogen functional groups attached to an aromatic ring is 1. The Morgan fingerprint density at radius 3 is 2.43 bits per heavy atom. The largest absolute Gasteiger partial charge is 0.450 e. The van der Waals surface area contributed by atoms with Crippen LogP contribution in [0.4, 0.5) is 5.69 Å². The Morgan fingerprint density at radius 1 is 1.03 bits per heavy atom. The van der Waals surface area contributed by atoms with Gasteiger partial charge < -0.3 is 15.9 Å². The predicted molar refractivity (Wildman–Crippen MR) is 153 cm³/mol. The van der Waals surface area contributed by atoms with Gasteiger partial charge in [-0.2, -0.15) is 0 Å². The topological polar surface area (TPSA) is 103 Å². The van der Waals surface area contributed by atoms with Crippen molar-refractivity contribution in [3.63, 3.8) is 0 Å². The third kappa shape index (κ3) is 5.65. The van der Waals surface area contributed by atoms with Crippen molar-refractivity contribution in [3.8, 4) is 11.1 Å². The first-order valence-corrected chi connectivity index (χ1v) is 13.6. The van der Waals surface area contributed by atoms with Gasteiger partial charge in [-0.05, 0) is 59.0 Å². The van der Waals surface area contributed by atoms with Crippen LogP contribution in [0.1, 0.15) is 35.5 Å². The zero-order valence-electron chi connectivity index (χ0n) is 20.6. The standard InChI is InChI=1S/C28H27Cl2N3O3S/c1-15(2)24(31)28(35)33(37-3)14-16-5-4-6-17(11-16)18-7-9-21-23(12-18)36-27(25(21)32)26(34)20-10-8-19(29)13-22(20)30/h4-13,15,24H,14,31-32H2,1-3H3. The van der Waals surface area contributed by atoms with Crippen molar-refractivity contribution in [2.45, 2.75) is 26.4 Å². The summed E-state index contributed by atoms with van der Waals surface area (Å²) in [5.41, 5.74) is 16.1. The molecule has 0 saturated heterocycles. The molecule has 0 aliphatic rings. The highest BCUT2D eigenvalue weighted by Gasteiger charge is 2.24. The van der Waals surface area contributed by atoms with Crippen LogP contribution < -0.4 is 11.5 Å². The van der Waals surface area contributed by atoms with E-state index in [1.807, 2.05) is 62.6 Å². The highest BCUT2D eigenvalue weighted by atomic mass is 35.5. The van der Waals surface area contributed by atoms with E-state index in [2.05, 4.69) is 0 Å². The van der Waals surface area contributed by atoms with Gasteiger partial charge in [0.25, 0.3) is 0 Å². The smallest absolute Gasteiger partial charge is 0.249 e. The van der Waals surface area contributed by atoms with Gasteiger partial charge in [0.05, 0.1) is 23.3 Å². The van der Waals surface area contributed by atoms with E-state index in [0.717, 1.165) is 16.7 Å². The van der Waals surface area contributed by atoms with Crippen LogP contribution in [-0.2, 0) is 11.3 Å². The fourth-order valence-electron chi connectivity index (χ4n) is 3.96. The molecular formula is C28H27Cl2N3O3S. The summed E-state index contributed by atoms with van der Waals surface area (Å²) in [6, 6.07) is 17.6. The van der Waals surface area contributed by atoms with Crippen LogP contribution in [0.5, 0.6) is 0 Å². The van der Waals surface area contributed by atoms with Crippen LogP contribution >= 0.6 is 35.1 Å². The molecule has 4 N–H and O–H groups in total. The maximum Gasteiger partial charge on any atom is 0.249 e. The summed E-state index contributed by atoms with van der Waals surface area (Å²) in [5, 5.41) is 1.29. The van der Waals surface area contributed by atoms with Crippen molar-refractivity contribution in [1.29, 1.82) is 0 Å². The van der Waals surface area contributed by atoms with Crippen molar-refractivity contribution in [2.24, 2.45) is 11.7 Å². The van der Waals surface area contributed by atoms with Crippen LogP contribution in [0, 0.1) is 5.92 Å². The van der Waals surface area contributed by atoms with Crippen molar-refractivity contribution >= 4 is 63.5 Å². The lowest BCUT2D eigenvalue weighted by Gasteiger charge is -2.25. The molecule has 37 heavy (non-hydrogen) atoms. The first-order chi connectivity index (χ1) is 17.6. The first-order valence-electron chi connectivity index (χ1n) is 11.6. The van der Waals surface area contributed by atoms with Gasteiger partial charge in [-0.25, -0.2) is 0 Å². The molecule has 3 aromatic carbocycles. The van der Waals surface area contributed by atoms with E-state index in [-0.39, 0.29) is 33.9 Å². The second-order valence-electron chi connectivity index (χ2n) is 9.04. The van der Waals surface area contributed by atoms with E-state index < -0.39 is 11.8 Å². The molecule has 0 radical (unpaired) electrons. The summed E-state index contributed by atoms with van der Waals surface area (Å²) in [5.74, 6) is -0.437. The summed E-state index contributed by atoms with van der Waals surface area (Å²) in [6.07, 6.45) is 1.86. The predicted octanol–water partition coefficient (Wildman–Crippen LogP) is 6.81. The second kappa shape index (κ2) is 11.2. The number of amides is 1. The minimum absolute atomic E-state index is 0.0285. The lowest BCUT2D eigenvalue weighted by Crippen LogP contribution is -2.43. The molecule has 0 spiro atoms. The molecule has 4 rings (SSSR count). The Morgan fingerprint density at radius 2 is 1.76 bits per heavy atom. The zero-order valence-corrected chi connectivity index (χ0v) is 23.0. The Balaban J connectivity index is 1.63. The number of anilines is 1. The number of carbonyl (C=O) groups excluding carboxylic acids is 2. The van der Waals surface area contributed by atoms with Crippen LogP contribution in [0.2, 0.25) is 10.0 Å². The summed E-state index contributed by atoms with van der Waals surface area (Å²) < 4.78 is 7.60. The summed E-state index contributed by atoms with van der Waals surface area (Å²) in [6.45, 7) is 4.29. The third-order valence-corrected chi connectivity index (χ3v) is 7.46. The summed E-state index contributed by atoms with van der Waals surface area (Å²) in [4.78, 5) is 25.9. The van der Waals surface area contributed by atoms with Gasteiger partial charge in [-0.15, -0.1) is 0 Å². The number of ketones is 1. The van der Waals surface area contributed by atoms with Gasteiger partial charge in [-0.1, -0.05) is 73.3 Å². The van der Waals surface area contributed by atoms with Gasteiger partial charge in [0.2, 0.25) is 11.7 Å². The van der Waals surface area contributed by atoms with E-state index in [4.69, 9.17) is 39.1 Å². The molecule has 1 amide bonds. The first kappa shape index (κ1) is 27.1. The average molecular weight is 557 g/mol. The van der Waals surface area contributed by atoms with Crippen LogP contribution in [0.3, 0.4) is 0 Å². The van der Waals surface area contributed by atoms with E-state index in [1.54, 1.807) is 16.4 Å². The van der Waals surface area contributed by atoms with Gasteiger partial charge in [0.15, 0.2) is 5.76 Å². The lowest BCUT2D eigenvalue weighted by molar-refractivity contribution is -0.128. The number of nitrogens with zero attached hydrogens (tertiary/aromatic N) is 1. The number of hydrogen-bond acceptors (Lipinski definition) is 6. The van der Waals surface area contributed by atoms with E-state index in [9.17, 15) is 9.59 Å². The normalized spacial score (nSPS) is 12.2. The van der Waals surface area contributed by atoms with Gasteiger partial charge in [-0.3, -0.25) is 13.9 Å². The Hall–Kier alpha value is -2.97. The highest BCUT2D eigenvalue weighted by molar-refractivity contribution is 7.96. The maximum absolute atomic E-state index is 13.1. The molecule has 192 valence electrons. The van der Waals surface area contributed by atoms with Gasteiger partial charge in [0, 0.05) is 22.2 Å². The number of nitrogens with two attached hydrogens (primary N) is 2. The molecule has 4 aromatic rings. The molecule has 0 aliphatic heterocycles. The van der Waals surface area contributed by atoms with Crippen molar-refractivity contribution in [3.05, 3.63) is 87.6 Å². The second-order valence-corrected chi connectivity index (χ2v) is 10.7.